The van der Waals surface area contributed by atoms with E-state index in [0.29, 0.717) is 6.07 Å². The van der Waals surface area contributed by atoms with Gasteiger partial charge < -0.3 is 15.7 Å². The second-order valence-electron chi connectivity index (χ2n) is 4.75. The van der Waals surface area contributed by atoms with Crippen LogP contribution in [0.1, 0.15) is 31.9 Å². The lowest BCUT2D eigenvalue weighted by Crippen LogP contribution is -2.40. The van der Waals surface area contributed by atoms with Gasteiger partial charge in [0, 0.05) is 18.6 Å². The molecule has 0 aromatic heterocycles. The SMILES string of the molecule is CC(=O)NC(CC(=O)N[C@@H](C)C(=O)O)c1ccc(F)cc1F. The van der Waals surface area contributed by atoms with E-state index >= 15 is 0 Å². The first-order valence-corrected chi connectivity index (χ1v) is 6.45. The second-order valence-corrected chi connectivity index (χ2v) is 4.75. The summed E-state index contributed by atoms with van der Waals surface area (Å²) in [5, 5.41) is 13.3. The molecule has 8 heteroatoms. The fourth-order valence-corrected chi connectivity index (χ4v) is 1.82. The number of hydrogen-bond donors (Lipinski definition) is 3. The van der Waals surface area contributed by atoms with Crippen LogP contribution in [0.2, 0.25) is 0 Å². The Labute approximate surface area is 125 Å². The molecular formula is C14H16F2N2O4. The van der Waals surface area contributed by atoms with E-state index in [4.69, 9.17) is 5.11 Å². The van der Waals surface area contributed by atoms with Crippen LogP contribution >= 0.6 is 0 Å². The summed E-state index contributed by atoms with van der Waals surface area (Å²) in [5.74, 6) is -4.10. The molecule has 0 saturated carbocycles. The van der Waals surface area contributed by atoms with E-state index < -0.39 is 41.5 Å². The molecule has 0 aliphatic rings. The molecule has 6 nitrogen and oxygen atoms in total. The zero-order chi connectivity index (χ0) is 16.9. The van der Waals surface area contributed by atoms with Crippen molar-refractivity contribution >= 4 is 17.8 Å². The smallest absolute Gasteiger partial charge is 0.325 e. The number of carbonyl (C=O) groups excluding carboxylic acids is 2. The molecule has 2 amide bonds. The van der Waals surface area contributed by atoms with Gasteiger partial charge in [-0.05, 0) is 13.0 Å². The number of nitrogens with one attached hydrogen (secondary N) is 2. The molecule has 0 aliphatic heterocycles. The average molecular weight is 314 g/mol. The minimum absolute atomic E-state index is 0.0604. The monoisotopic (exact) mass is 314 g/mol. The van der Waals surface area contributed by atoms with Crippen LogP contribution in [-0.4, -0.2) is 28.9 Å². The van der Waals surface area contributed by atoms with Gasteiger partial charge in [-0.15, -0.1) is 0 Å². The third-order valence-electron chi connectivity index (χ3n) is 2.85. The highest BCUT2D eigenvalue weighted by atomic mass is 19.1. The van der Waals surface area contributed by atoms with Crippen molar-refractivity contribution in [2.24, 2.45) is 0 Å². The van der Waals surface area contributed by atoms with Crippen LogP contribution in [0, 0.1) is 11.6 Å². The first-order chi connectivity index (χ1) is 10.2. The lowest BCUT2D eigenvalue weighted by atomic mass is 10.0. The Morgan fingerprint density at radius 1 is 1.23 bits per heavy atom. The van der Waals surface area contributed by atoms with Gasteiger partial charge in [0.05, 0.1) is 12.5 Å². The fraction of sp³-hybridized carbons (Fsp3) is 0.357. The Bertz CT molecular complexity index is 592. The zero-order valence-corrected chi connectivity index (χ0v) is 12.0. The maximum Gasteiger partial charge on any atom is 0.325 e. The molecule has 1 aromatic carbocycles. The molecule has 0 spiro atoms. The van der Waals surface area contributed by atoms with Crippen LogP contribution in [0.15, 0.2) is 18.2 Å². The first-order valence-electron chi connectivity index (χ1n) is 6.45. The van der Waals surface area contributed by atoms with E-state index in [2.05, 4.69) is 10.6 Å². The Morgan fingerprint density at radius 3 is 2.36 bits per heavy atom. The Balaban J connectivity index is 2.91. The number of amides is 2. The summed E-state index contributed by atoms with van der Waals surface area (Å²) >= 11 is 0. The quantitative estimate of drug-likeness (QED) is 0.733. The van der Waals surface area contributed by atoms with E-state index in [1.54, 1.807) is 0 Å². The molecule has 0 heterocycles. The van der Waals surface area contributed by atoms with Crippen LogP contribution in [0.4, 0.5) is 8.78 Å². The molecule has 0 bridgehead atoms. The summed E-state index contributed by atoms with van der Waals surface area (Å²) in [5.41, 5.74) is -0.0604. The van der Waals surface area contributed by atoms with Crippen molar-refractivity contribution in [2.45, 2.75) is 32.4 Å². The summed E-state index contributed by atoms with van der Waals surface area (Å²) < 4.78 is 26.7. The van der Waals surface area contributed by atoms with Gasteiger partial charge in [-0.3, -0.25) is 14.4 Å². The minimum Gasteiger partial charge on any atom is -0.480 e. The highest BCUT2D eigenvalue weighted by Gasteiger charge is 2.22. The van der Waals surface area contributed by atoms with Crippen molar-refractivity contribution in [3.8, 4) is 0 Å². The van der Waals surface area contributed by atoms with Crippen molar-refractivity contribution in [2.75, 3.05) is 0 Å². The lowest BCUT2D eigenvalue weighted by molar-refractivity contribution is -0.141. The summed E-state index contributed by atoms with van der Waals surface area (Å²) in [4.78, 5) is 33.6. The molecule has 1 rings (SSSR count). The molecule has 1 aromatic rings. The molecule has 1 unspecified atom stereocenters. The van der Waals surface area contributed by atoms with Crippen molar-refractivity contribution in [3.63, 3.8) is 0 Å². The van der Waals surface area contributed by atoms with Crippen molar-refractivity contribution in [1.29, 1.82) is 0 Å². The molecule has 2 atom stereocenters. The van der Waals surface area contributed by atoms with Crippen LogP contribution in [0.25, 0.3) is 0 Å². The van der Waals surface area contributed by atoms with Crippen LogP contribution in [0.5, 0.6) is 0 Å². The van der Waals surface area contributed by atoms with Gasteiger partial charge in [-0.25, -0.2) is 8.78 Å². The predicted octanol–water partition coefficient (Wildman–Crippen LogP) is 1.12. The number of hydrogen-bond acceptors (Lipinski definition) is 3. The molecule has 3 N–H and O–H groups in total. The molecule has 0 fully saturated rings. The van der Waals surface area contributed by atoms with Crippen LogP contribution < -0.4 is 10.6 Å². The molecule has 0 radical (unpaired) electrons. The van der Waals surface area contributed by atoms with E-state index in [1.807, 2.05) is 0 Å². The fourth-order valence-electron chi connectivity index (χ4n) is 1.82. The number of benzene rings is 1. The second kappa shape index (κ2) is 7.48. The Morgan fingerprint density at radius 2 is 1.86 bits per heavy atom. The van der Waals surface area contributed by atoms with E-state index in [0.717, 1.165) is 12.1 Å². The third kappa shape index (κ3) is 5.12. The largest absolute Gasteiger partial charge is 0.480 e. The molecular weight excluding hydrogens is 298 g/mol. The summed E-state index contributed by atoms with van der Waals surface area (Å²) in [7, 11) is 0. The normalized spacial score (nSPS) is 13.1. The number of carboxylic acids is 1. The number of aliphatic carboxylic acids is 1. The maximum atomic E-state index is 13.8. The maximum absolute atomic E-state index is 13.8. The number of rotatable bonds is 6. The van der Waals surface area contributed by atoms with Gasteiger partial charge in [-0.1, -0.05) is 6.07 Å². The van der Waals surface area contributed by atoms with Gasteiger partial charge in [0.1, 0.15) is 17.7 Å². The lowest BCUT2D eigenvalue weighted by Gasteiger charge is -2.19. The average Bonchev–Trinajstić information content (AvgIpc) is 2.36. The van der Waals surface area contributed by atoms with Crippen LogP contribution in [0.3, 0.4) is 0 Å². The molecule has 0 saturated heterocycles. The highest BCUT2D eigenvalue weighted by Crippen LogP contribution is 2.21. The van der Waals surface area contributed by atoms with Gasteiger partial charge in [0.2, 0.25) is 11.8 Å². The Hall–Kier alpha value is -2.51. The van der Waals surface area contributed by atoms with Crippen molar-refractivity contribution < 1.29 is 28.3 Å². The topological polar surface area (TPSA) is 95.5 Å². The van der Waals surface area contributed by atoms with Gasteiger partial charge in [0.15, 0.2) is 0 Å². The van der Waals surface area contributed by atoms with Gasteiger partial charge in [-0.2, -0.15) is 0 Å². The number of halogens is 2. The highest BCUT2D eigenvalue weighted by molar-refractivity contribution is 5.84. The summed E-state index contributed by atoms with van der Waals surface area (Å²) in [6.07, 6.45) is -0.375. The number of carboxylic acid groups (broad SMARTS) is 1. The van der Waals surface area contributed by atoms with Crippen molar-refractivity contribution in [1.82, 2.24) is 10.6 Å². The number of carbonyl (C=O) groups is 3. The standard InChI is InChI=1S/C14H16F2N2O4/c1-7(14(21)22)17-13(20)6-12(18-8(2)19)10-4-3-9(15)5-11(10)16/h3-5,7,12H,6H2,1-2H3,(H,17,20)(H,18,19)(H,21,22)/t7-,12?/m0/s1. The Kier molecular flexibility index (Phi) is 5.97. The van der Waals surface area contributed by atoms with E-state index in [-0.39, 0.29) is 12.0 Å². The predicted molar refractivity (Wildman–Crippen MR) is 72.8 cm³/mol. The zero-order valence-electron chi connectivity index (χ0n) is 12.0. The summed E-state index contributed by atoms with van der Waals surface area (Å²) in [6, 6.07) is 0.620. The van der Waals surface area contributed by atoms with Crippen LogP contribution in [-0.2, 0) is 14.4 Å². The molecule has 0 aliphatic carbocycles. The third-order valence-corrected chi connectivity index (χ3v) is 2.85. The molecule has 120 valence electrons. The van der Waals surface area contributed by atoms with E-state index in [9.17, 15) is 23.2 Å². The first kappa shape index (κ1) is 17.5. The van der Waals surface area contributed by atoms with Gasteiger partial charge >= 0.3 is 5.97 Å². The summed E-state index contributed by atoms with van der Waals surface area (Å²) in [6.45, 7) is 2.46. The van der Waals surface area contributed by atoms with E-state index in [1.165, 1.54) is 13.8 Å². The van der Waals surface area contributed by atoms with Crippen molar-refractivity contribution in [3.05, 3.63) is 35.4 Å². The minimum atomic E-state index is -1.22. The van der Waals surface area contributed by atoms with Gasteiger partial charge in [0.25, 0.3) is 0 Å². The molecule has 22 heavy (non-hydrogen) atoms.